The monoisotopic (exact) mass is 651 g/mol. The van der Waals surface area contributed by atoms with E-state index < -0.39 is 16.1 Å². The number of aliphatic hydroxyl groups excluding tert-OH is 1. The number of anilines is 1. The number of amides is 1. The van der Waals surface area contributed by atoms with Crippen molar-refractivity contribution in [3.05, 3.63) is 89.5 Å². The number of hydrogen-bond acceptors (Lipinski definition) is 7. The minimum atomic E-state index is -3.90. The van der Waals surface area contributed by atoms with Gasteiger partial charge in [0, 0.05) is 37.8 Å². The topological polar surface area (TPSA) is 108 Å². The molecule has 0 spiro atoms. The molecule has 3 aromatic carbocycles. The lowest BCUT2D eigenvalue weighted by molar-refractivity contribution is -0.0177. The van der Waals surface area contributed by atoms with Crippen molar-refractivity contribution >= 4 is 21.6 Å². The molecule has 0 fully saturated rings. The zero-order valence-electron chi connectivity index (χ0n) is 27.7. The summed E-state index contributed by atoms with van der Waals surface area (Å²) in [6.45, 7) is 9.88. The van der Waals surface area contributed by atoms with Gasteiger partial charge in [0.1, 0.15) is 5.75 Å². The average molecular weight is 652 g/mol. The molecule has 0 aromatic heterocycles. The summed E-state index contributed by atoms with van der Waals surface area (Å²) in [6, 6.07) is 21.2. The van der Waals surface area contributed by atoms with Gasteiger partial charge in [-0.1, -0.05) is 55.0 Å². The van der Waals surface area contributed by atoms with Crippen molar-refractivity contribution in [2.24, 2.45) is 5.92 Å². The largest absolute Gasteiger partial charge is 0.490 e. The van der Waals surface area contributed by atoms with Gasteiger partial charge in [0.05, 0.1) is 35.3 Å². The van der Waals surface area contributed by atoms with E-state index in [9.17, 15) is 18.3 Å². The van der Waals surface area contributed by atoms with E-state index in [-0.39, 0.29) is 46.8 Å². The van der Waals surface area contributed by atoms with Gasteiger partial charge in [0.15, 0.2) is 0 Å². The number of nitrogens with one attached hydrogen (secondary N) is 1. The third-order valence-corrected chi connectivity index (χ3v) is 9.82. The number of hydrogen-bond donors (Lipinski definition) is 2. The minimum Gasteiger partial charge on any atom is -0.490 e. The highest BCUT2D eigenvalue weighted by Crippen LogP contribution is 2.29. The molecular formula is C36H49N3O6S. The Kier molecular flexibility index (Phi) is 12.6. The van der Waals surface area contributed by atoms with Gasteiger partial charge in [-0.3, -0.25) is 14.4 Å². The molecule has 10 heteroatoms. The van der Waals surface area contributed by atoms with Crippen LogP contribution in [0.1, 0.15) is 61.5 Å². The van der Waals surface area contributed by atoms with E-state index in [1.165, 1.54) is 11.6 Å². The SMILES string of the molecule is Cc1ccc(S(=O)(=O)Nc2ccc3c(c2)C(=O)N([C@@H](C)CO)C[C@@H](C)[C@@H](CN(C)Cc2ccccc2)OCCCC[C@@H](C)O3)cc1. The minimum absolute atomic E-state index is 0.0642. The molecule has 1 aliphatic heterocycles. The fraction of sp³-hybridized carbons (Fsp3) is 0.472. The second-order valence-corrected chi connectivity index (χ2v) is 14.3. The molecule has 0 saturated carbocycles. The molecule has 46 heavy (non-hydrogen) atoms. The van der Waals surface area contributed by atoms with Crippen LogP contribution in [0.2, 0.25) is 0 Å². The summed E-state index contributed by atoms with van der Waals surface area (Å²) in [6.07, 6.45) is 2.21. The van der Waals surface area contributed by atoms with Crippen LogP contribution in [0.25, 0.3) is 0 Å². The van der Waals surface area contributed by atoms with E-state index in [2.05, 4.69) is 35.7 Å². The van der Waals surface area contributed by atoms with Gasteiger partial charge in [0.25, 0.3) is 15.9 Å². The molecule has 0 aliphatic carbocycles. The number of aryl methyl sites for hydroxylation is 1. The van der Waals surface area contributed by atoms with Crippen LogP contribution >= 0.6 is 0 Å². The molecule has 1 amide bonds. The zero-order valence-corrected chi connectivity index (χ0v) is 28.5. The second kappa shape index (κ2) is 16.4. The molecule has 1 aliphatic rings. The van der Waals surface area contributed by atoms with E-state index in [4.69, 9.17) is 9.47 Å². The highest BCUT2D eigenvalue weighted by molar-refractivity contribution is 7.92. The second-order valence-electron chi connectivity index (χ2n) is 12.6. The summed E-state index contributed by atoms with van der Waals surface area (Å²) < 4.78 is 41.8. The van der Waals surface area contributed by atoms with Crippen LogP contribution in [-0.2, 0) is 21.3 Å². The number of likely N-dealkylation sites (N-methyl/N-ethyl adjacent to an activating group) is 1. The number of aliphatic hydroxyl groups is 1. The number of nitrogens with zero attached hydrogens (tertiary/aromatic N) is 2. The van der Waals surface area contributed by atoms with E-state index in [0.29, 0.717) is 25.4 Å². The quantitative estimate of drug-likeness (QED) is 0.305. The van der Waals surface area contributed by atoms with Crippen molar-refractivity contribution in [2.75, 3.05) is 38.1 Å². The third kappa shape index (κ3) is 9.78. The lowest BCUT2D eigenvalue weighted by Gasteiger charge is -2.36. The van der Waals surface area contributed by atoms with Crippen molar-refractivity contribution in [3.8, 4) is 5.75 Å². The van der Waals surface area contributed by atoms with E-state index in [1.807, 2.05) is 32.0 Å². The maximum atomic E-state index is 14.4. The molecule has 4 atom stereocenters. The number of fused-ring (bicyclic) bond motifs is 1. The molecular weight excluding hydrogens is 602 g/mol. The highest BCUT2D eigenvalue weighted by Gasteiger charge is 2.30. The lowest BCUT2D eigenvalue weighted by atomic mass is 10.0. The first-order chi connectivity index (χ1) is 22.0. The fourth-order valence-electron chi connectivity index (χ4n) is 5.65. The third-order valence-electron chi connectivity index (χ3n) is 8.42. The van der Waals surface area contributed by atoms with Gasteiger partial charge < -0.3 is 19.5 Å². The molecule has 2 N–H and O–H groups in total. The number of carbonyl (C=O) groups is 1. The Morgan fingerprint density at radius 1 is 1.04 bits per heavy atom. The van der Waals surface area contributed by atoms with E-state index >= 15 is 0 Å². The number of ether oxygens (including phenoxy) is 2. The number of sulfonamides is 1. The van der Waals surface area contributed by atoms with Crippen molar-refractivity contribution in [3.63, 3.8) is 0 Å². The van der Waals surface area contributed by atoms with Gasteiger partial charge in [-0.2, -0.15) is 0 Å². The molecule has 0 unspecified atom stereocenters. The molecule has 1 heterocycles. The maximum absolute atomic E-state index is 14.4. The van der Waals surface area contributed by atoms with Crippen molar-refractivity contribution in [1.82, 2.24) is 9.80 Å². The van der Waals surface area contributed by atoms with Crippen LogP contribution in [-0.4, -0.2) is 80.8 Å². The molecule has 3 aromatic rings. The first kappa shape index (κ1) is 35.4. The first-order valence-corrected chi connectivity index (χ1v) is 17.6. The zero-order chi connectivity index (χ0) is 33.3. The Morgan fingerprint density at radius 2 is 1.76 bits per heavy atom. The predicted molar refractivity (Wildman–Crippen MR) is 182 cm³/mol. The van der Waals surface area contributed by atoms with Gasteiger partial charge in [0.2, 0.25) is 0 Å². The summed E-state index contributed by atoms with van der Waals surface area (Å²) in [4.78, 5) is 18.4. The van der Waals surface area contributed by atoms with Crippen LogP contribution in [0.5, 0.6) is 5.75 Å². The fourth-order valence-corrected chi connectivity index (χ4v) is 6.70. The Bertz CT molecular complexity index is 1520. The van der Waals surface area contributed by atoms with Crippen LogP contribution in [0.4, 0.5) is 5.69 Å². The Morgan fingerprint density at radius 3 is 2.46 bits per heavy atom. The van der Waals surface area contributed by atoms with Gasteiger partial charge in [-0.05, 0) is 83.0 Å². The van der Waals surface area contributed by atoms with Crippen molar-refractivity contribution in [1.29, 1.82) is 0 Å². The molecule has 250 valence electrons. The summed E-state index contributed by atoms with van der Waals surface area (Å²) in [5.41, 5.74) is 2.64. The summed E-state index contributed by atoms with van der Waals surface area (Å²) in [5.74, 6) is -0.0305. The first-order valence-electron chi connectivity index (χ1n) is 16.1. The normalized spacial score (nSPS) is 20.8. The molecule has 0 bridgehead atoms. The summed E-state index contributed by atoms with van der Waals surface area (Å²) >= 11 is 0. The number of carbonyl (C=O) groups excluding carboxylic acids is 1. The Hall–Kier alpha value is -3.44. The predicted octanol–water partition coefficient (Wildman–Crippen LogP) is 5.72. The Balaban J connectivity index is 1.64. The molecule has 0 radical (unpaired) electrons. The van der Waals surface area contributed by atoms with Crippen LogP contribution in [0.15, 0.2) is 77.7 Å². The smallest absolute Gasteiger partial charge is 0.261 e. The van der Waals surface area contributed by atoms with Gasteiger partial charge in [-0.15, -0.1) is 0 Å². The van der Waals surface area contributed by atoms with Crippen LogP contribution in [0, 0.1) is 12.8 Å². The highest BCUT2D eigenvalue weighted by atomic mass is 32.2. The van der Waals surface area contributed by atoms with E-state index in [1.54, 1.807) is 48.2 Å². The van der Waals surface area contributed by atoms with Crippen LogP contribution < -0.4 is 9.46 Å². The summed E-state index contributed by atoms with van der Waals surface area (Å²) in [5, 5.41) is 10.2. The average Bonchev–Trinajstić information content (AvgIpc) is 3.03. The van der Waals surface area contributed by atoms with Crippen molar-refractivity contribution < 1.29 is 27.8 Å². The molecule has 9 nitrogen and oxygen atoms in total. The van der Waals surface area contributed by atoms with Crippen molar-refractivity contribution in [2.45, 2.75) is 76.6 Å². The maximum Gasteiger partial charge on any atom is 0.261 e. The number of rotatable bonds is 9. The number of benzene rings is 3. The van der Waals surface area contributed by atoms with Gasteiger partial charge in [-0.25, -0.2) is 8.42 Å². The van der Waals surface area contributed by atoms with Crippen LogP contribution in [0.3, 0.4) is 0 Å². The molecule has 4 rings (SSSR count). The standard InChI is InChI=1S/C36H49N3O6S/c1-26-14-17-32(18-15-26)46(42,43)37-31-16-19-34-33(21-31)36(41)39(28(3)25-40)22-27(2)35(44-20-10-9-11-29(4)45-34)24-38(5)23-30-12-7-6-8-13-30/h6-8,12-19,21,27-29,35,37,40H,9-11,20,22-25H2,1-5H3/t27-,28+,29-,35-/m1/s1. The van der Waals surface area contributed by atoms with Gasteiger partial charge >= 0.3 is 0 Å². The molecule has 0 saturated heterocycles. The van der Waals surface area contributed by atoms with E-state index in [0.717, 1.165) is 31.4 Å². The summed E-state index contributed by atoms with van der Waals surface area (Å²) in [7, 11) is -1.82. The Labute approximate surface area is 274 Å². The lowest BCUT2D eigenvalue weighted by Crippen LogP contribution is -2.47.